The second-order valence-electron chi connectivity index (χ2n) is 4.63. The average Bonchev–Trinajstić information content (AvgIpc) is 2.34. The molecule has 1 aromatic rings. The van der Waals surface area contributed by atoms with Crippen LogP contribution < -0.4 is 4.74 Å². The fourth-order valence-electron chi connectivity index (χ4n) is 1.68. The van der Waals surface area contributed by atoms with Gasteiger partial charge in [0.25, 0.3) is 0 Å². The average molecular weight is 309 g/mol. The Hall–Kier alpha value is -1.90. The summed E-state index contributed by atoms with van der Waals surface area (Å²) in [5, 5.41) is 8.81. The normalized spacial score (nSPS) is 18.7. The van der Waals surface area contributed by atoms with Crippen LogP contribution in [0.3, 0.4) is 0 Å². The third-order valence-electron chi connectivity index (χ3n) is 2.99. The maximum atomic E-state index is 14.3. The van der Waals surface area contributed by atoms with Crippen molar-refractivity contribution in [1.29, 1.82) is 0 Å². The zero-order valence-electron chi connectivity index (χ0n) is 10.8. The zero-order chi connectivity index (χ0) is 15.8. The molecule has 0 amide bonds. The molecule has 1 fully saturated rings. The highest BCUT2D eigenvalue weighted by molar-refractivity contribution is 5.85. The van der Waals surface area contributed by atoms with E-state index in [0.29, 0.717) is 0 Å². The Balaban J connectivity index is 2.39. The summed E-state index contributed by atoms with van der Waals surface area (Å²) < 4.78 is 61.3. The van der Waals surface area contributed by atoms with Crippen molar-refractivity contribution >= 4 is 5.97 Å². The number of ether oxygens (including phenoxy) is 2. The smallest absolute Gasteiger partial charge is 0.425 e. The summed E-state index contributed by atoms with van der Waals surface area (Å²) in [6, 6.07) is 0.777. The minimum absolute atomic E-state index is 0.255. The molecule has 1 aliphatic heterocycles. The van der Waals surface area contributed by atoms with Crippen LogP contribution in [0.15, 0.2) is 12.3 Å². The summed E-state index contributed by atoms with van der Waals surface area (Å²) in [6.45, 7) is 0.0442. The van der Waals surface area contributed by atoms with Crippen LogP contribution in [0.5, 0.6) is 5.75 Å². The summed E-state index contributed by atoms with van der Waals surface area (Å²) >= 11 is 0. The van der Waals surface area contributed by atoms with Gasteiger partial charge in [0.1, 0.15) is 5.75 Å². The van der Waals surface area contributed by atoms with Gasteiger partial charge in [0.05, 0.1) is 18.8 Å². The third-order valence-corrected chi connectivity index (χ3v) is 2.99. The molecule has 1 N–H and O–H groups in total. The van der Waals surface area contributed by atoms with Crippen LogP contribution in [0.2, 0.25) is 0 Å². The molecule has 21 heavy (non-hydrogen) atoms. The molecule has 5 nitrogen and oxygen atoms in total. The van der Waals surface area contributed by atoms with Crippen molar-refractivity contribution in [2.45, 2.75) is 24.9 Å². The van der Waals surface area contributed by atoms with Crippen LogP contribution >= 0.6 is 0 Å². The van der Waals surface area contributed by atoms with Crippen LogP contribution in [0.1, 0.15) is 23.0 Å². The van der Waals surface area contributed by atoms with Gasteiger partial charge in [-0.2, -0.15) is 13.2 Å². The lowest BCUT2D eigenvalue weighted by molar-refractivity contribution is -0.190. The van der Waals surface area contributed by atoms with E-state index in [2.05, 4.69) is 4.98 Å². The topological polar surface area (TPSA) is 68.7 Å². The molecule has 116 valence electrons. The lowest BCUT2D eigenvalue weighted by Crippen LogP contribution is -2.43. The molecule has 0 aromatic carbocycles. The first-order chi connectivity index (χ1) is 9.63. The molecule has 0 radical (unpaired) electrons. The Labute approximate surface area is 116 Å². The van der Waals surface area contributed by atoms with Crippen molar-refractivity contribution < 1.29 is 36.9 Å². The van der Waals surface area contributed by atoms with Crippen LogP contribution in [0.4, 0.5) is 17.6 Å². The van der Waals surface area contributed by atoms with Gasteiger partial charge in [0.15, 0.2) is 17.5 Å². The number of aromatic carboxylic acids is 1. The number of nitrogens with zero attached hydrogens (tertiary/aromatic N) is 1. The minimum atomic E-state index is -4.66. The zero-order valence-corrected chi connectivity index (χ0v) is 10.8. The van der Waals surface area contributed by atoms with Gasteiger partial charge in [-0.05, 0) is 6.92 Å². The Morgan fingerprint density at radius 3 is 2.57 bits per heavy atom. The number of hydrogen-bond donors (Lipinski definition) is 1. The second kappa shape index (κ2) is 5.14. The van der Waals surface area contributed by atoms with Gasteiger partial charge in [-0.1, -0.05) is 0 Å². The summed E-state index contributed by atoms with van der Waals surface area (Å²) in [5.74, 6) is -1.96. The van der Waals surface area contributed by atoms with Crippen molar-refractivity contribution in [2.24, 2.45) is 0 Å². The van der Waals surface area contributed by atoms with Gasteiger partial charge in [0, 0.05) is 12.3 Å². The molecule has 0 unspecified atom stereocenters. The van der Waals surface area contributed by atoms with E-state index < -0.39 is 35.4 Å². The number of rotatable bonds is 4. The first-order valence-electron chi connectivity index (χ1n) is 5.87. The van der Waals surface area contributed by atoms with Crippen LogP contribution in [0, 0.1) is 0 Å². The first-order valence-corrected chi connectivity index (χ1v) is 5.87. The number of halogens is 4. The molecule has 1 aromatic heterocycles. The highest BCUT2D eigenvalue weighted by Gasteiger charge is 2.45. The van der Waals surface area contributed by atoms with E-state index in [0.717, 1.165) is 19.2 Å². The molecule has 2 heterocycles. The van der Waals surface area contributed by atoms with Crippen molar-refractivity contribution in [3.8, 4) is 5.75 Å². The predicted octanol–water partition coefficient (Wildman–Crippen LogP) is 2.30. The van der Waals surface area contributed by atoms with E-state index in [1.54, 1.807) is 0 Å². The Morgan fingerprint density at radius 2 is 2.14 bits per heavy atom. The van der Waals surface area contributed by atoms with Gasteiger partial charge in [-0.25, -0.2) is 14.2 Å². The fourth-order valence-corrected chi connectivity index (χ4v) is 1.68. The van der Waals surface area contributed by atoms with Gasteiger partial charge < -0.3 is 14.6 Å². The highest BCUT2D eigenvalue weighted by atomic mass is 19.4. The molecule has 0 bridgehead atoms. The maximum Gasteiger partial charge on any atom is 0.425 e. The first kappa shape index (κ1) is 15.5. The summed E-state index contributed by atoms with van der Waals surface area (Å²) in [6.07, 6.45) is -6.02. The second-order valence-corrected chi connectivity index (χ2v) is 4.63. The Bertz CT molecular complexity index is 557. The largest absolute Gasteiger partial charge is 0.481 e. The fraction of sp³-hybridized carbons (Fsp3) is 0.500. The number of alkyl halides is 4. The number of carboxylic acid groups (broad SMARTS) is 1. The number of aromatic nitrogens is 1. The third kappa shape index (κ3) is 3.07. The van der Waals surface area contributed by atoms with E-state index in [-0.39, 0.29) is 18.8 Å². The van der Waals surface area contributed by atoms with Crippen molar-refractivity contribution in [1.82, 2.24) is 4.98 Å². The predicted molar refractivity (Wildman–Crippen MR) is 60.9 cm³/mol. The lowest BCUT2D eigenvalue weighted by atomic mass is 9.94. The monoisotopic (exact) mass is 309 g/mol. The number of carbonyl (C=O) groups is 1. The summed E-state index contributed by atoms with van der Waals surface area (Å²) in [4.78, 5) is 14.3. The molecule has 0 saturated carbocycles. The van der Waals surface area contributed by atoms with Gasteiger partial charge in [-0.15, -0.1) is 0 Å². The SMILES string of the molecule is C[C@H](Oc1cc(C(=O)O)ncc1C1(F)COC1)C(F)(F)F. The molecule has 9 heteroatoms. The van der Waals surface area contributed by atoms with Gasteiger partial charge >= 0.3 is 12.1 Å². The van der Waals surface area contributed by atoms with E-state index in [9.17, 15) is 22.4 Å². The standard InChI is InChI=1S/C12H11F4NO4/c1-6(12(14,15)16)21-9-2-8(10(18)19)17-3-7(9)11(13)4-20-5-11/h2-3,6H,4-5H2,1H3,(H,18,19)/t6-/m0/s1. The van der Waals surface area contributed by atoms with Gasteiger partial charge in [0.2, 0.25) is 0 Å². The van der Waals surface area contributed by atoms with E-state index in [1.807, 2.05) is 0 Å². The molecular formula is C12H11F4NO4. The van der Waals surface area contributed by atoms with E-state index in [1.165, 1.54) is 0 Å². The molecule has 1 aliphatic rings. The van der Waals surface area contributed by atoms with E-state index in [4.69, 9.17) is 14.6 Å². The van der Waals surface area contributed by atoms with Crippen molar-refractivity contribution in [3.63, 3.8) is 0 Å². The highest BCUT2D eigenvalue weighted by Crippen LogP contribution is 2.40. The van der Waals surface area contributed by atoms with Crippen LogP contribution in [0.25, 0.3) is 0 Å². The molecular weight excluding hydrogens is 298 g/mol. The minimum Gasteiger partial charge on any atom is -0.481 e. The maximum absolute atomic E-state index is 14.3. The molecule has 0 spiro atoms. The summed E-state index contributed by atoms with van der Waals surface area (Å²) in [7, 11) is 0. The number of hydrogen-bond acceptors (Lipinski definition) is 4. The lowest BCUT2D eigenvalue weighted by Gasteiger charge is -2.35. The van der Waals surface area contributed by atoms with E-state index >= 15 is 0 Å². The van der Waals surface area contributed by atoms with Gasteiger partial charge in [-0.3, -0.25) is 0 Å². The Kier molecular flexibility index (Phi) is 3.79. The quantitative estimate of drug-likeness (QED) is 0.864. The number of carboxylic acids is 1. The Morgan fingerprint density at radius 1 is 1.52 bits per heavy atom. The van der Waals surface area contributed by atoms with Crippen LogP contribution in [-0.2, 0) is 10.4 Å². The molecule has 0 aliphatic carbocycles. The summed E-state index contributed by atoms with van der Waals surface area (Å²) in [5.41, 5.74) is -2.81. The van der Waals surface area contributed by atoms with Crippen LogP contribution in [-0.4, -0.2) is 41.6 Å². The van der Waals surface area contributed by atoms with Crippen molar-refractivity contribution in [2.75, 3.05) is 13.2 Å². The molecule has 1 saturated heterocycles. The number of pyridine rings is 1. The molecule has 2 rings (SSSR count). The molecule has 1 atom stereocenters. The van der Waals surface area contributed by atoms with Crippen molar-refractivity contribution in [3.05, 3.63) is 23.5 Å².